The highest BCUT2D eigenvalue weighted by Crippen LogP contribution is 2.04. The summed E-state index contributed by atoms with van der Waals surface area (Å²) in [4.78, 5) is 11.7. The van der Waals surface area contributed by atoms with E-state index < -0.39 is 0 Å². The minimum Gasteiger partial charge on any atom is -0.445 e. The lowest BCUT2D eigenvalue weighted by Crippen LogP contribution is -2.34. The summed E-state index contributed by atoms with van der Waals surface area (Å²) in [5, 5.41) is 2.84. The molecule has 1 N–H and O–H groups in total. The Morgan fingerprint density at radius 3 is 2.15 bits per heavy atom. The summed E-state index contributed by atoms with van der Waals surface area (Å²) in [5.41, 5.74) is 2.18. The highest BCUT2D eigenvalue weighted by Gasteiger charge is 2.08. The van der Waals surface area contributed by atoms with Crippen LogP contribution in [0.2, 0.25) is 0 Å². The van der Waals surface area contributed by atoms with Gasteiger partial charge in [0.15, 0.2) is 0 Å². The first-order chi connectivity index (χ1) is 9.74. The van der Waals surface area contributed by atoms with Crippen LogP contribution in [0, 0.1) is 0 Å². The number of carbonyl (C=O) groups excluding carboxylic acids is 1. The Kier molecular flexibility index (Phi) is 5.18. The van der Waals surface area contributed by atoms with Crippen molar-refractivity contribution in [3.05, 3.63) is 71.8 Å². The maximum Gasteiger partial charge on any atom is 0.407 e. The fourth-order valence-electron chi connectivity index (χ4n) is 1.98. The Morgan fingerprint density at radius 1 is 1.00 bits per heavy atom. The van der Waals surface area contributed by atoms with Crippen LogP contribution in [0.3, 0.4) is 0 Å². The Bertz CT molecular complexity index is 525. The van der Waals surface area contributed by atoms with Crippen LogP contribution in [-0.4, -0.2) is 12.1 Å². The molecular formula is C17H19NO2. The summed E-state index contributed by atoms with van der Waals surface area (Å²) in [7, 11) is 0. The van der Waals surface area contributed by atoms with E-state index in [0.29, 0.717) is 6.61 Å². The van der Waals surface area contributed by atoms with Gasteiger partial charge in [-0.25, -0.2) is 4.79 Å². The molecule has 104 valence electrons. The predicted molar refractivity (Wildman–Crippen MR) is 79.4 cm³/mol. The second-order valence-electron chi connectivity index (χ2n) is 4.80. The Hall–Kier alpha value is -2.29. The van der Waals surface area contributed by atoms with Crippen LogP contribution < -0.4 is 5.32 Å². The molecule has 0 spiro atoms. The molecule has 0 heterocycles. The Labute approximate surface area is 119 Å². The van der Waals surface area contributed by atoms with Crippen molar-refractivity contribution >= 4 is 6.09 Å². The van der Waals surface area contributed by atoms with Crippen LogP contribution in [-0.2, 0) is 17.8 Å². The zero-order chi connectivity index (χ0) is 14.2. The molecule has 0 saturated carbocycles. The first-order valence-electron chi connectivity index (χ1n) is 6.75. The molecule has 0 aliphatic carbocycles. The number of alkyl carbamates (subject to hydrolysis) is 1. The van der Waals surface area contributed by atoms with Gasteiger partial charge in [-0.3, -0.25) is 0 Å². The number of amides is 1. The van der Waals surface area contributed by atoms with Crippen molar-refractivity contribution in [2.75, 3.05) is 0 Å². The van der Waals surface area contributed by atoms with Crippen molar-refractivity contribution in [2.45, 2.75) is 26.0 Å². The molecule has 1 amide bonds. The average molecular weight is 269 g/mol. The Balaban J connectivity index is 1.74. The lowest BCUT2D eigenvalue weighted by Gasteiger charge is -2.14. The third kappa shape index (κ3) is 4.76. The van der Waals surface area contributed by atoms with Gasteiger partial charge in [-0.2, -0.15) is 0 Å². The van der Waals surface area contributed by atoms with Gasteiger partial charge < -0.3 is 10.1 Å². The molecule has 3 nitrogen and oxygen atoms in total. The molecule has 20 heavy (non-hydrogen) atoms. The van der Waals surface area contributed by atoms with Crippen molar-refractivity contribution in [1.29, 1.82) is 0 Å². The third-order valence-electron chi connectivity index (χ3n) is 2.96. The van der Waals surface area contributed by atoms with Crippen molar-refractivity contribution in [1.82, 2.24) is 5.32 Å². The molecule has 0 aliphatic rings. The fourth-order valence-corrected chi connectivity index (χ4v) is 1.98. The summed E-state index contributed by atoms with van der Waals surface area (Å²) in [6.07, 6.45) is 0.415. The van der Waals surface area contributed by atoms with Gasteiger partial charge in [0.05, 0.1) is 0 Å². The van der Waals surface area contributed by atoms with Crippen LogP contribution in [0.25, 0.3) is 0 Å². The van der Waals surface area contributed by atoms with Gasteiger partial charge in [0.25, 0.3) is 0 Å². The maximum atomic E-state index is 11.7. The van der Waals surface area contributed by atoms with Crippen molar-refractivity contribution in [2.24, 2.45) is 0 Å². The topological polar surface area (TPSA) is 38.3 Å². The number of benzene rings is 2. The number of carbonyl (C=O) groups is 1. The number of ether oxygens (including phenoxy) is 1. The van der Waals surface area contributed by atoms with Gasteiger partial charge in [-0.15, -0.1) is 0 Å². The number of nitrogens with one attached hydrogen (secondary N) is 1. The van der Waals surface area contributed by atoms with E-state index in [-0.39, 0.29) is 12.1 Å². The van der Waals surface area contributed by atoms with Crippen LogP contribution in [0.1, 0.15) is 18.1 Å². The normalized spacial score (nSPS) is 11.7. The van der Waals surface area contributed by atoms with E-state index in [1.807, 2.05) is 67.6 Å². The van der Waals surface area contributed by atoms with Gasteiger partial charge in [-0.1, -0.05) is 60.7 Å². The van der Waals surface area contributed by atoms with E-state index in [9.17, 15) is 4.79 Å². The fraction of sp³-hybridized carbons (Fsp3) is 0.235. The summed E-state index contributed by atoms with van der Waals surface area (Å²) in [6.45, 7) is 2.27. The predicted octanol–water partition coefficient (Wildman–Crippen LogP) is 3.54. The molecule has 0 aliphatic heterocycles. The molecule has 0 saturated heterocycles. The quantitative estimate of drug-likeness (QED) is 0.901. The Morgan fingerprint density at radius 2 is 1.55 bits per heavy atom. The van der Waals surface area contributed by atoms with Crippen molar-refractivity contribution < 1.29 is 9.53 Å². The molecule has 1 atom stereocenters. The molecule has 2 aromatic carbocycles. The largest absolute Gasteiger partial charge is 0.445 e. The lowest BCUT2D eigenvalue weighted by molar-refractivity contribution is 0.136. The maximum absolute atomic E-state index is 11.7. The highest BCUT2D eigenvalue weighted by molar-refractivity contribution is 5.67. The smallest absolute Gasteiger partial charge is 0.407 e. The minimum absolute atomic E-state index is 0.0423. The van der Waals surface area contributed by atoms with E-state index in [1.165, 1.54) is 5.56 Å². The van der Waals surface area contributed by atoms with E-state index in [0.717, 1.165) is 12.0 Å². The lowest BCUT2D eigenvalue weighted by atomic mass is 10.1. The summed E-state index contributed by atoms with van der Waals surface area (Å²) in [5.74, 6) is 0. The zero-order valence-electron chi connectivity index (χ0n) is 11.6. The summed E-state index contributed by atoms with van der Waals surface area (Å²) >= 11 is 0. The van der Waals surface area contributed by atoms with Crippen LogP contribution >= 0.6 is 0 Å². The van der Waals surface area contributed by atoms with Gasteiger partial charge in [-0.05, 0) is 24.5 Å². The molecular weight excluding hydrogens is 250 g/mol. The molecule has 0 fully saturated rings. The average Bonchev–Trinajstić information content (AvgIpc) is 2.47. The standard InChI is InChI=1S/C17H19NO2/c1-14(12-15-8-4-2-5-9-15)18-17(19)20-13-16-10-6-3-7-11-16/h2-11,14H,12-13H2,1H3,(H,18,19)/t14-/m1/s1. The van der Waals surface area contributed by atoms with E-state index >= 15 is 0 Å². The molecule has 0 bridgehead atoms. The van der Waals surface area contributed by atoms with Gasteiger partial charge in [0, 0.05) is 6.04 Å². The third-order valence-corrected chi connectivity index (χ3v) is 2.96. The van der Waals surface area contributed by atoms with E-state index in [4.69, 9.17) is 4.74 Å². The molecule has 2 rings (SSSR count). The molecule has 0 aromatic heterocycles. The number of hydrogen-bond acceptors (Lipinski definition) is 2. The first-order valence-corrected chi connectivity index (χ1v) is 6.75. The monoisotopic (exact) mass is 269 g/mol. The number of rotatable bonds is 5. The van der Waals surface area contributed by atoms with Crippen molar-refractivity contribution in [3.8, 4) is 0 Å². The summed E-state index contributed by atoms with van der Waals surface area (Å²) in [6, 6.07) is 19.8. The first kappa shape index (κ1) is 14.1. The van der Waals surface area contributed by atoms with Gasteiger partial charge in [0.1, 0.15) is 6.61 Å². The highest BCUT2D eigenvalue weighted by atomic mass is 16.5. The van der Waals surface area contributed by atoms with Gasteiger partial charge in [0.2, 0.25) is 0 Å². The molecule has 2 aromatic rings. The van der Waals surface area contributed by atoms with Crippen molar-refractivity contribution in [3.63, 3.8) is 0 Å². The zero-order valence-corrected chi connectivity index (χ0v) is 11.6. The molecule has 0 radical (unpaired) electrons. The van der Waals surface area contributed by atoms with Gasteiger partial charge >= 0.3 is 6.09 Å². The van der Waals surface area contributed by atoms with Crippen LogP contribution in [0.4, 0.5) is 4.79 Å². The summed E-state index contributed by atoms with van der Waals surface area (Å²) < 4.78 is 5.19. The van der Waals surface area contributed by atoms with E-state index in [2.05, 4.69) is 5.32 Å². The SMILES string of the molecule is C[C@H](Cc1ccccc1)NC(=O)OCc1ccccc1. The molecule has 0 unspecified atom stereocenters. The number of hydrogen-bond donors (Lipinski definition) is 1. The molecule has 3 heteroatoms. The second kappa shape index (κ2) is 7.34. The van der Waals surface area contributed by atoms with Crippen LogP contribution in [0.15, 0.2) is 60.7 Å². The minimum atomic E-state index is -0.378. The van der Waals surface area contributed by atoms with Crippen LogP contribution in [0.5, 0.6) is 0 Å². The second-order valence-corrected chi connectivity index (χ2v) is 4.80. The van der Waals surface area contributed by atoms with E-state index in [1.54, 1.807) is 0 Å².